The van der Waals surface area contributed by atoms with Crippen molar-refractivity contribution in [3.8, 4) is 0 Å². The number of hydrogen-bond donors (Lipinski definition) is 3. The third-order valence-corrected chi connectivity index (χ3v) is 3.59. The summed E-state index contributed by atoms with van der Waals surface area (Å²) in [5, 5.41) is 21.7. The van der Waals surface area contributed by atoms with Gasteiger partial charge in [-0.1, -0.05) is 6.92 Å². The molecule has 3 N–H and O–H groups in total. The van der Waals surface area contributed by atoms with Crippen LogP contribution < -0.4 is 5.32 Å². The molecule has 0 bridgehead atoms. The van der Waals surface area contributed by atoms with E-state index in [4.69, 9.17) is 0 Å². The molecule has 5 heteroatoms. The second kappa shape index (κ2) is 6.33. The molecule has 1 atom stereocenters. The maximum atomic E-state index is 12.1. The molecule has 100 valence electrons. The first-order valence-corrected chi connectivity index (χ1v) is 6.37. The fraction of sp³-hybridized carbons (Fsp3) is 0.917. The summed E-state index contributed by atoms with van der Waals surface area (Å²) in [6.07, 6.45) is 2.71. The van der Waals surface area contributed by atoms with Crippen LogP contribution in [0.5, 0.6) is 0 Å². The number of hydrogen-bond acceptors (Lipinski definition) is 4. The van der Waals surface area contributed by atoms with E-state index in [9.17, 15) is 15.0 Å². The zero-order valence-corrected chi connectivity index (χ0v) is 10.8. The second-order valence-electron chi connectivity index (χ2n) is 4.85. The van der Waals surface area contributed by atoms with E-state index in [0.29, 0.717) is 6.42 Å². The van der Waals surface area contributed by atoms with Crippen molar-refractivity contribution < 1.29 is 15.0 Å². The Morgan fingerprint density at radius 2 is 1.88 bits per heavy atom. The number of rotatable bonds is 6. The van der Waals surface area contributed by atoms with Gasteiger partial charge in [0.1, 0.15) is 0 Å². The molecule has 0 aromatic heterocycles. The summed E-state index contributed by atoms with van der Waals surface area (Å²) in [7, 11) is 0. The van der Waals surface area contributed by atoms with Gasteiger partial charge in [-0.3, -0.25) is 10.1 Å². The van der Waals surface area contributed by atoms with Crippen molar-refractivity contribution in [1.82, 2.24) is 10.2 Å². The summed E-state index contributed by atoms with van der Waals surface area (Å²) in [6, 6.07) is -0.368. The van der Waals surface area contributed by atoms with Gasteiger partial charge in [0, 0.05) is 13.1 Å². The second-order valence-corrected chi connectivity index (χ2v) is 4.85. The van der Waals surface area contributed by atoms with Gasteiger partial charge in [-0.15, -0.1) is 0 Å². The minimum absolute atomic E-state index is 0.0576. The third kappa shape index (κ3) is 3.40. The number of carbonyl (C=O) groups excluding carboxylic acids is 1. The highest BCUT2D eigenvalue weighted by molar-refractivity contribution is 5.81. The largest absolute Gasteiger partial charge is 0.394 e. The molecule has 17 heavy (non-hydrogen) atoms. The van der Waals surface area contributed by atoms with Gasteiger partial charge in [0.2, 0.25) is 5.91 Å². The van der Waals surface area contributed by atoms with Crippen molar-refractivity contribution in [2.24, 2.45) is 0 Å². The number of nitrogens with zero attached hydrogens (tertiary/aromatic N) is 1. The number of nitrogens with one attached hydrogen (secondary N) is 1. The number of likely N-dealkylation sites (tertiary alicyclic amines) is 1. The molecule has 1 aliphatic rings. The molecule has 0 saturated carbocycles. The van der Waals surface area contributed by atoms with Crippen molar-refractivity contribution >= 4 is 5.91 Å². The van der Waals surface area contributed by atoms with Gasteiger partial charge in [-0.25, -0.2) is 0 Å². The minimum Gasteiger partial charge on any atom is -0.394 e. The van der Waals surface area contributed by atoms with Crippen LogP contribution in [0.3, 0.4) is 0 Å². The molecule has 1 saturated heterocycles. The van der Waals surface area contributed by atoms with Crippen LogP contribution in [0.4, 0.5) is 0 Å². The van der Waals surface area contributed by atoms with Crippen LogP contribution in [0, 0.1) is 0 Å². The maximum absolute atomic E-state index is 12.1. The highest BCUT2D eigenvalue weighted by Gasteiger charge is 2.32. The van der Waals surface area contributed by atoms with E-state index in [1.165, 1.54) is 0 Å². The van der Waals surface area contributed by atoms with Crippen LogP contribution in [0.25, 0.3) is 0 Å². The van der Waals surface area contributed by atoms with E-state index in [0.717, 1.165) is 25.9 Å². The predicted molar refractivity (Wildman–Crippen MR) is 65.6 cm³/mol. The van der Waals surface area contributed by atoms with Crippen molar-refractivity contribution in [3.63, 3.8) is 0 Å². The quantitative estimate of drug-likeness (QED) is 0.601. The number of amides is 1. The van der Waals surface area contributed by atoms with Gasteiger partial charge in [0.05, 0.1) is 24.8 Å². The molecule has 1 unspecified atom stereocenters. The molecule has 1 heterocycles. The van der Waals surface area contributed by atoms with E-state index in [2.05, 4.69) is 5.32 Å². The fourth-order valence-corrected chi connectivity index (χ4v) is 2.20. The van der Waals surface area contributed by atoms with Gasteiger partial charge in [0.15, 0.2) is 0 Å². The Hall–Kier alpha value is -0.650. The lowest BCUT2D eigenvalue weighted by molar-refractivity contribution is -0.132. The zero-order valence-electron chi connectivity index (χ0n) is 10.8. The summed E-state index contributed by atoms with van der Waals surface area (Å²) >= 11 is 0. The summed E-state index contributed by atoms with van der Waals surface area (Å²) in [5.41, 5.74) is -0.755. The molecule has 0 aliphatic carbocycles. The zero-order chi connectivity index (χ0) is 12.9. The normalized spacial score (nSPS) is 18.5. The van der Waals surface area contributed by atoms with Gasteiger partial charge in [-0.05, 0) is 26.2 Å². The molecule has 5 nitrogen and oxygen atoms in total. The number of aliphatic hydroxyl groups is 2. The number of carbonyl (C=O) groups is 1. The Morgan fingerprint density at radius 3 is 2.29 bits per heavy atom. The van der Waals surface area contributed by atoms with Crippen LogP contribution >= 0.6 is 0 Å². The SMILES string of the molecule is CCC(CO)(CO)NC(C)C(=O)N1CCCC1. The Morgan fingerprint density at radius 1 is 1.35 bits per heavy atom. The lowest BCUT2D eigenvalue weighted by atomic mass is 9.97. The van der Waals surface area contributed by atoms with Crippen molar-refractivity contribution in [1.29, 1.82) is 0 Å². The lowest BCUT2D eigenvalue weighted by Gasteiger charge is -2.34. The summed E-state index contributed by atoms with van der Waals surface area (Å²) in [5.74, 6) is 0.0576. The Bertz CT molecular complexity index is 240. The van der Waals surface area contributed by atoms with E-state index >= 15 is 0 Å². The number of aliphatic hydroxyl groups excluding tert-OH is 2. The van der Waals surface area contributed by atoms with E-state index in [1.807, 2.05) is 11.8 Å². The molecule has 1 aliphatic heterocycles. The topological polar surface area (TPSA) is 72.8 Å². The van der Waals surface area contributed by atoms with Crippen LogP contribution in [0.1, 0.15) is 33.1 Å². The summed E-state index contributed by atoms with van der Waals surface area (Å²) in [4.78, 5) is 13.9. The summed E-state index contributed by atoms with van der Waals surface area (Å²) < 4.78 is 0. The average molecular weight is 244 g/mol. The Balaban J connectivity index is 2.56. The van der Waals surface area contributed by atoms with E-state index < -0.39 is 5.54 Å². The smallest absolute Gasteiger partial charge is 0.239 e. The van der Waals surface area contributed by atoms with E-state index in [1.54, 1.807) is 6.92 Å². The first kappa shape index (κ1) is 14.4. The highest BCUT2D eigenvalue weighted by atomic mass is 16.3. The maximum Gasteiger partial charge on any atom is 0.239 e. The average Bonchev–Trinajstić information content (AvgIpc) is 2.88. The standard InChI is InChI=1S/C12H24N2O3/c1-3-12(8-15,9-16)13-10(2)11(17)14-6-4-5-7-14/h10,13,15-16H,3-9H2,1-2H3. The van der Waals surface area contributed by atoms with Gasteiger partial charge >= 0.3 is 0 Å². The fourth-order valence-electron chi connectivity index (χ4n) is 2.20. The first-order valence-electron chi connectivity index (χ1n) is 6.37. The van der Waals surface area contributed by atoms with Crippen molar-refractivity contribution in [2.45, 2.75) is 44.7 Å². The van der Waals surface area contributed by atoms with Crippen molar-refractivity contribution in [2.75, 3.05) is 26.3 Å². The van der Waals surface area contributed by atoms with Crippen molar-refractivity contribution in [3.05, 3.63) is 0 Å². The molecule has 1 fully saturated rings. The van der Waals surface area contributed by atoms with Crippen LogP contribution in [0.2, 0.25) is 0 Å². The Labute approximate surface area is 103 Å². The first-order chi connectivity index (χ1) is 8.08. The molecular weight excluding hydrogens is 220 g/mol. The van der Waals surface area contributed by atoms with Gasteiger partial charge in [-0.2, -0.15) is 0 Å². The molecule has 1 rings (SSSR count). The lowest BCUT2D eigenvalue weighted by Crippen LogP contribution is -2.58. The molecule has 1 amide bonds. The Kier molecular flexibility index (Phi) is 5.36. The third-order valence-electron chi connectivity index (χ3n) is 3.59. The highest BCUT2D eigenvalue weighted by Crippen LogP contribution is 2.13. The van der Waals surface area contributed by atoms with Gasteiger partial charge < -0.3 is 15.1 Å². The summed E-state index contributed by atoms with van der Waals surface area (Å²) in [6.45, 7) is 4.97. The molecule has 0 aromatic carbocycles. The minimum atomic E-state index is -0.755. The molecule has 0 aromatic rings. The van der Waals surface area contributed by atoms with Gasteiger partial charge in [0.25, 0.3) is 0 Å². The van der Waals surface area contributed by atoms with Crippen LogP contribution in [-0.4, -0.2) is 58.9 Å². The molecule has 0 spiro atoms. The molecular formula is C12H24N2O3. The predicted octanol–water partition coefficient (Wildman–Crippen LogP) is -0.280. The van der Waals surface area contributed by atoms with E-state index in [-0.39, 0.29) is 25.2 Å². The molecule has 0 radical (unpaired) electrons. The van der Waals surface area contributed by atoms with Crippen LogP contribution in [0.15, 0.2) is 0 Å². The monoisotopic (exact) mass is 244 g/mol. The van der Waals surface area contributed by atoms with Crippen LogP contribution in [-0.2, 0) is 4.79 Å².